The molecule has 0 rings (SSSR count). The zero-order chi connectivity index (χ0) is 6.08. The van der Waals surface area contributed by atoms with E-state index in [1.54, 1.807) is 0 Å². The first kappa shape index (κ1) is 6.87. The van der Waals surface area contributed by atoms with E-state index in [1.165, 1.54) is 0 Å². The summed E-state index contributed by atoms with van der Waals surface area (Å²) in [6.45, 7) is 12.6. The molecule has 0 fully saturated rings. The summed E-state index contributed by atoms with van der Waals surface area (Å²) in [5.41, 5.74) is 0.389. The van der Waals surface area contributed by atoms with Gasteiger partial charge in [-0.2, -0.15) is 0 Å². The summed E-state index contributed by atoms with van der Waals surface area (Å²) in [7, 11) is 0. The van der Waals surface area contributed by atoms with Crippen LogP contribution >= 0.6 is 0 Å². The second-order valence-electron chi connectivity index (χ2n) is 3.27. The summed E-state index contributed by atoms with van der Waals surface area (Å²) in [5.74, 6) is 0.549. The Balaban J connectivity index is 3.54. The van der Waals surface area contributed by atoms with Crippen molar-refractivity contribution in [2.75, 3.05) is 0 Å². The molecular weight excluding hydrogens is 84.1 g/mol. The highest BCUT2D eigenvalue weighted by atomic mass is 14.2. The van der Waals surface area contributed by atoms with Crippen molar-refractivity contribution in [3.8, 4) is 0 Å². The topological polar surface area (TPSA) is 0 Å². The number of hydrogen-bond donors (Lipinski definition) is 0. The van der Waals surface area contributed by atoms with Crippen LogP contribution in [0.15, 0.2) is 0 Å². The third-order valence-electron chi connectivity index (χ3n) is 1.48. The Morgan fingerprint density at radius 2 is 1.43 bits per heavy atom. The van der Waals surface area contributed by atoms with Gasteiger partial charge < -0.3 is 0 Å². The fraction of sp³-hybridized carbons (Fsp3) is 0.857. The molecule has 0 aliphatic heterocycles. The first-order valence-corrected chi connectivity index (χ1v) is 2.77. The zero-order valence-corrected chi connectivity index (χ0v) is 5.78. The second kappa shape index (κ2) is 1.77. The Morgan fingerprint density at radius 1 is 1.29 bits per heavy atom. The Bertz CT molecular complexity index is 45.5. The van der Waals surface area contributed by atoms with Crippen LogP contribution in [0.3, 0.4) is 0 Å². The fourth-order valence-electron chi connectivity index (χ4n) is 0. The van der Waals surface area contributed by atoms with Crippen LogP contribution in [0.2, 0.25) is 0 Å². The van der Waals surface area contributed by atoms with Crippen LogP contribution < -0.4 is 0 Å². The Hall–Kier alpha value is -0.130. The highest BCUT2D eigenvalue weighted by molar-refractivity contribution is 4.70. The van der Waals surface area contributed by atoms with E-state index in [4.69, 9.17) is 0 Å². The van der Waals surface area contributed by atoms with Crippen LogP contribution in [0.4, 0.5) is 0 Å². The zero-order valence-electron chi connectivity index (χ0n) is 5.78. The molecule has 42 valence electrons. The van der Waals surface area contributed by atoms with E-state index < -0.39 is 0 Å². The predicted octanol–water partition coefficient (Wildman–Crippen LogP) is 2.50. The van der Waals surface area contributed by atoms with Gasteiger partial charge in [0, 0.05) is 5.41 Å². The molecule has 0 aromatic carbocycles. The summed E-state index contributed by atoms with van der Waals surface area (Å²) in [5, 5.41) is 0. The summed E-state index contributed by atoms with van der Waals surface area (Å²) in [6, 6.07) is 0. The molecule has 1 unspecified atom stereocenters. The van der Waals surface area contributed by atoms with Crippen molar-refractivity contribution in [1.82, 2.24) is 0 Å². The van der Waals surface area contributed by atoms with E-state index in [-0.39, 0.29) is 0 Å². The molecule has 0 heteroatoms. The minimum Gasteiger partial charge on any atom is -0.0558 e. The van der Waals surface area contributed by atoms with Crippen molar-refractivity contribution in [2.45, 2.75) is 27.7 Å². The van der Waals surface area contributed by atoms with Gasteiger partial charge >= 0.3 is 0 Å². The molecule has 7 heavy (non-hydrogen) atoms. The molecule has 0 heterocycles. The molecule has 0 N–H and O–H groups in total. The van der Waals surface area contributed by atoms with E-state index in [2.05, 4.69) is 34.6 Å². The van der Waals surface area contributed by atoms with Crippen LogP contribution in [0.25, 0.3) is 0 Å². The molecule has 0 radical (unpaired) electrons. The van der Waals surface area contributed by atoms with Gasteiger partial charge in [-0.3, -0.25) is 0 Å². The van der Waals surface area contributed by atoms with Crippen LogP contribution in [-0.2, 0) is 0 Å². The standard InChI is InChI=1S/C7H15/c1-6(2)7(3,4)5/h6H,1H2,2-5H3/q+1. The average Bonchev–Trinajstić information content (AvgIpc) is 1.31. The maximum absolute atomic E-state index is 3.91. The van der Waals surface area contributed by atoms with Crippen LogP contribution in [0.1, 0.15) is 27.7 Å². The molecule has 0 nitrogen and oxygen atoms in total. The summed E-state index contributed by atoms with van der Waals surface area (Å²) in [6.07, 6.45) is 0. The average molecular weight is 99.2 g/mol. The van der Waals surface area contributed by atoms with E-state index in [0.29, 0.717) is 11.3 Å². The van der Waals surface area contributed by atoms with Gasteiger partial charge in [0.1, 0.15) is 0 Å². The van der Waals surface area contributed by atoms with Crippen LogP contribution in [0.5, 0.6) is 0 Å². The lowest BCUT2D eigenvalue weighted by molar-refractivity contribution is 0.312. The van der Waals surface area contributed by atoms with E-state index in [9.17, 15) is 0 Å². The monoisotopic (exact) mass is 99.1 g/mol. The molecule has 1 atom stereocenters. The Kier molecular flexibility index (Phi) is 1.74. The second-order valence-corrected chi connectivity index (χ2v) is 3.27. The summed E-state index contributed by atoms with van der Waals surface area (Å²) < 4.78 is 0. The van der Waals surface area contributed by atoms with Gasteiger partial charge in [0.25, 0.3) is 0 Å². The lowest BCUT2D eigenvalue weighted by Gasteiger charge is -2.16. The molecule has 0 saturated carbocycles. The van der Waals surface area contributed by atoms with Crippen LogP contribution in [0, 0.1) is 18.3 Å². The molecule has 0 bridgehead atoms. The fourth-order valence-corrected chi connectivity index (χ4v) is 0. The maximum Gasteiger partial charge on any atom is 0.0972 e. The van der Waals surface area contributed by atoms with Gasteiger partial charge in [0.2, 0.25) is 0 Å². The van der Waals surface area contributed by atoms with Crippen molar-refractivity contribution in [3.63, 3.8) is 0 Å². The first-order valence-electron chi connectivity index (χ1n) is 2.77. The van der Waals surface area contributed by atoms with Gasteiger partial charge in [-0.15, -0.1) is 0 Å². The lowest BCUT2D eigenvalue weighted by Crippen LogP contribution is -2.13. The first-order chi connectivity index (χ1) is 2.94. The molecule has 0 saturated heterocycles. The normalized spacial score (nSPS) is 16.6. The van der Waals surface area contributed by atoms with Crippen LogP contribution in [-0.4, -0.2) is 0 Å². The van der Waals surface area contributed by atoms with Gasteiger partial charge in [0.15, 0.2) is 0 Å². The Morgan fingerprint density at radius 3 is 1.43 bits per heavy atom. The molecule has 0 aliphatic carbocycles. The largest absolute Gasteiger partial charge is 0.0972 e. The third-order valence-corrected chi connectivity index (χ3v) is 1.48. The predicted molar refractivity (Wildman–Crippen MR) is 34.0 cm³/mol. The van der Waals surface area contributed by atoms with E-state index >= 15 is 0 Å². The molecule has 0 aromatic heterocycles. The minimum absolute atomic E-state index is 0.389. The number of hydrogen-bond acceptors (Lipinski definition) is 0. The highest BCUT2D eigenvalue weighted by Gasteiger charge is 2.19. The quantitative estimate of drug-likeness (QED) is 0.409. The summed E-state index contributed by atoms with van der Waals surface area (Å²) >= 11 is 0. The smallest absolute Gasteiger partial charge is 0.0558 e. The van der Waals surface area contributed by atoms with Crippen molar-refractivity contribution in [2.24, 2.45) is 11.3 Å². The van der Waals surface area contributed by atoms with Gasteiger partial charge in [-0.25, -0.2) is 0 Å². The van der Waals surface area contributed by atoms with E-state index in [1.807, 2.05) is 0 Å². The SMILES string of the molecule is [CH2+]C(C)C(C)(C)C. The lowest BCUT2D eigenvalue weighted by atomic mass is 9.84. The van der Waals surface area contributed by atoms with Crippen molar-refractivity contribution in [3.05, 3.63) is 6.92 Å². The number of rotatable bonds is 0. The summed E-state index contributed by atoms with van der Waals surface area (Å²) in [4.78, 5) is 0. The molecular formula is C7H15+. The van der Waals surface area contributed by atoms with Gasteiger partial charge in [0.05, 0.1) is 12.8 Å². The molecule has 0 aromatic rings. The highest BCUT2D eigenvalue weighted by Crippen LogP contribution is 2.23. The molecule has 0 aliphatic rings. The van der Waals surface area contributed by atoms with Crippen molar-refractivity contribution < 1.29 is 0 Å². The van der Waals surface area contributed by atoms with Gasteiger partial charge in [-0.05, 0) is 6.92 Å². The van der Waals surface area contributed by atoms with Crippen molar-refractivity contribution >= 4 is 0 Å². The Labute approximate surface area is 46.9 Å². The maximum atomic E-state index is 3.91. The molecule has 0 spiro atoms. The molecule has 0 amide bonds. The van der Waals surface area contributed by atoms with E-state index in [0.717, 1.165) is 0 Å². The third kappa shape index (κ3) is 2.55. The minimum atomic E-state index is 0.389. The van der Waals surface area contributed by atoms with Crippen molar-refractivity contribution in [1.29, 1.82) is 0 Å². The van der Waals surface area contributed by atoms with Gasteiger partial charge in [-0.1, -0.05) is 20.8 Å².